The lowest BCUT2D eigenvalue weighted by atomic mass is 9.98. The Bertz CT molecular complexity index is 1160. The molecule has 0 bridgehead atoms. The summed E-state index contributed by atoms with van der Waals surface area (Å²) >= 11 is 1.27. The molecule has 0 saturated carbocycles. The second-order valence-corrected chi connectivity index (χ2v) is 9.38. The molecule has 1 heterocycles. The number of anilines is 3. The molecular formula is C25H32N6O4S. The van der Waals surface area contributed by atoms with Gasteiger partial charge in [-0.25, -0.2) is 4.79 Å². The van der Waals surface area contributed by atoms with Gasteiger partial charge in [-0.05, 0) is 30.2 Å². The quantitative estimate of drug-likeness (QED) is 0.367. The Hall–Kier alpha value is -3.86. The summed E-state index contributed by atoms with van der Waals surface area (Å²) < 4.78 is 10.5. The van der Waals surface area contributed by atoms with Crippen molar-refractivity contribution in [2.24, 2.45) is 5.92 Å². The number of aromatic nitrogens is 2. The molecule has 3 aromatic rings. The molecule has 0 radical (unpaired) electrons. The van der Waals surface area contributed by atoms with E-state index in [4.69, 9.17) is 9.47 Å². The van der Waals surface area contributed by atoms with E-state index in [1.54, 1.807) is 18.2 Å². The van der Waals surface area contributed by atoms with Gasteiger partial charge in [0.1, 0.15) is 22.5 Å². The predicted molar refractivity (Wildman–Crippen MR) is 143 cm³/mol. The normalized spacial score (nSPS) is 12.3. The van der Waals surface area contributed by atoms with Crippen LogP contribution in [0.4, 0.5) is 21.3 Å². The summed E-state index contributed by atoms with van der Waals surface area (Å²) in [5.74, 6) is 0.573. The fourth-order valence-corrected chi connectivity index (χ4v) is 4.12. The fourth-order valence-electron chi connectivity index (χ4n) is 3.37. The molecule has 192 valence electrons. The minimum absolute atomic E-state index is 0.124. The Kier molecular flexibility index (Phi) is 9.07. The average Bonchev–Trinajstić information content (AvgIpc) is 3.34. The number of ether oxygens (including phenoxy) is 2. The zero-order valence-corrected chi connectivity index (χ0v) is 22.1. The third-order valence-corrected chi connectivity index (χ3v) is 6.56. The highest BCUT2D eigenvalue weighted by atomic mass is 32.1. The Morgan fingerprint density at radius 1 is 1.00 bits per heavy atom. The Labute approximate surface area is 215 Å². The van der Waals surface area contributed by atoms with Crippen LogP contribution in [0.1, 0.15) is 20.3 Å². The summed E-state index contributed by atoms with van der Waals surface area (Å²) in [6.07, 6.45) is 0.685. The third-order valence-electron chi connectivity index (χ3n) is 5.68. The minimum atomic E-state index is -0.783. The topological polar surface area (TPSA) is 118 Å². The van der Waals surface area contributed by atoms with E-state index in [1.807, 2.05) is 57.1 Å². The first-order valence-corrected chi connectivity index (χ1v) is 12.3. The largest absolute Gasteiger partial charge is 0.497 e. The highest BCUT2D eigenvalue weighted by Crippen LogP contribution is 2.28. The van der Waals surface area contributed by atoms with Crippen LogP contribution >= 0.6 is 11.3 Å². The van der Waals surface area contributed by atoms with Crippen molar-refractivity contribution in [3.8, 4) is 22.1 Å². The van der Waals surface area contributed by atoms with Crippen molar-refractivity contribution in [2.45, 2.75) is 26.3 Å². The third kappa shape index (κ3) is 6.85. The van der Waals surface area contributed by atoms with Gasteiger partial charge in [-0.3, -0.25) is 10.1 Å². The number of nitrogens with one attached hydrogen (secondary N) is 3. The molecule has 3 rings (SSSR count). The molecule has 3 amide bonds. The van der Waals surface area contributed by atoms with Crippen LogP contribution in [-0.2, 0) is 4.79 Å². The fraction of sp³-hybridized carbons (Fsp3) is 0.360. The predicted octanol–water partition coefficient (Wildman–Crippen LogP) is 4.46. The molecule has 0 aliphatic rings. The molecule has 36 heavy (non-hydrogen) atoms. The molecule has 2 aromatic carbocycles. The SMILES string of the molecule is CCC(C)C(NC(=O)Nc1cc(OC)cc(OC)c1)C(=O)Nc1nnc(-c2ccc(N(C)C)cc2)s1. The smallest absolute Gasteiger partial charge is 0.319 e. The van der Waals surface area contributed by atoms with Gasteiger partial charge in [-0.15, -0.1) is 10.2 Å². The van der Waals surface area contributed by atoms with Gasteiger partial charge < -0.3 is 25.0 Å². The molecule has 0 fully saturated rings. The van der Waals surface area contributed by atoms with E-state index in [9.17, 15) is 9.59 Å². The summed E-state index contributed by atoms with van der Waals surface area (Å²) in [4.78, 5) is 27.9. The highest BCUT2D eigenvalue weighted by Gasteiger charge is 2.27. The van der Waals surface area contributed by atoms with E-state index in [1.165, 1.54) is 25.6 Å². The van der Waals surface area contributed by atoms with Gasteiger partial charge in [0.05, 0.1) is 14.2 Å². The van der Waals surface area contributed by atoms with Crippen molar-refractivity contribution in [1.29, 1.82) is 0 Å². The molecule has 2 atom stereocenters. The summed E-state index contributed by atoms with van der Waals surface area (Å²) in [5.41, 5.74) is 2.45. The van der Waals surface area contributed by atoms with Gasteiger partial charge in [0.2, 0.25) is 11.0 Å². The molecular weight excluding hydrogens is 480 g/mol. The number of methoxy groups -OCH3 is 2. The highest BCUT2D eigenvalue weighted by molar-refractivity contribution is 7.18. The number of carbonyl (C=O) groups is 2. The van der Waals surface area contributed by atoms with Crippen molar-refractivity contribution < 1.29 is 19.1 Å². The molecule has 0 aliphatic carbocycles. The van der Waals surface area contributed by atoms with Crippen LogP contribution in [0.5, 0.6) is 11.5 Å². The van der Waals surface area contributed by atoms with Gasteiger partial charge in [0, 0.05) is 49.2 Å². The van der Waals surface area contributed by atoms with Crippen LogP contribution in [0.25, 0.3) is 10.6 Å². The Balaban J connectivity index is 1.68. The van der Waals surface area contributed by atoms with Crippen molar-refractivity contribution in [2.75, 3.05) is 43.8 Å². The lowest BCUT2D eigenvalue weighted by Gasteiger charge is -2.23. The molecule has 0 aliphatic heterocycles. The number of nitrogens with zero attached hydrogens (tertiary/aromatic N) is 3. The van der Waals surface area contributed by atoms with Gasteiger partial charge >= 0.3 is 6.03 Å². The Morgan fingerprint density at radius 2 is 1.64 bits per heavy atom. The number of amides is 3. The van der Waals surface area contributed by atoms with Gasteiger partial charge in [-0.2, -0.15) is 0 Å². The van der Waals surface area contributed by atoms with Crippen LogP contribution < -0.4 is 30.3 Å². The zero-order chi connectivity index (χ0) is 26.2. The zero-order valence-electron chi connectivity index (χ0n) is 21.3. The first-order chi connectivity index (χ1) is 17.2. The standard InChI is InChI=1S/C25H32N6O4S/c1-7-15(2)21(27-24(33)26-17-12-19(34-5)14-20(13-17)35-6)22(32)28-25-30-29-23(36-25)16-8-10-18(11-9-16)31(3)4/h8-15,21H,7H2,1-6H3,(H2,26,27,33)(H,28,30,32). The molecule has 0 spiro atoms. The molecule has 3 N–H and O–H groups in total. The summed E-state index contributed by atoms with van der Waals surface area (Å²) in [6, 6.07) is 11.6. The monoisotopic (exact) mass is 512 g/mol. The molecule has 1 aromatic heterocycles. The molecule has 2 unspecified atom stereocenters. The molecule has 10 nitrogen and oxygen atoms in total. The first kappa shape index (κ1) is 26.7. The van der Waals surface area contributed by atoms with Crippen LogP contribution in [0.2, 0.25) is 0 Å². The summed E-state index contributed by atoms with van der Waals surface area (Å²) in [5, 5.41) is 17.7. The molecule has 11 heteroatoms. The Morgan fingerprint density at radius 3 is 2.19 bits per heavy atom. The average molecular weight is 513 g/mol. The van der Waals surface area contributed by atoms with Crippen molar-refractivity contribution >= 4 is 39.8 Å². The van der Waals surface area contributed by atoms with E-state index < -0.39 is 12.1 Å². The second-order valence-electron chi connectivity index (χ2n) is 8.41. The summed E-state index contributed by atoms with van der Waals surface area (Å²) in [6.45, 7) is 3.86. The van der Waals surface area contributed by atoms with E-state index >= 15 is 0 Å². The van der Waals surface area contributed by atoms with Crippen molar-refractivity contribution in [1.82, 2.24) is 15.5 Å². The second kappa shape index (κ2) is 12.2. The van der Waals surface area contributed by atoms with Crippen LogP contribution in [0.15, 0.2) is 42.5 Å². The minimum Gasteiger partial charge on any atom is -0.497 e. The van der Waals surface area contributed by atoms with Crippen molar-refractivity contribution in [3.63, 3.8) is 0 Å². The van der Waals surface area contributed by atoms with E-state index in [-0.39, 0.29) is 11.8 Å². The van der Waals surface area contributed by atoms with E-state index in [0.717, 1.165) is 11.3 Å². The van der Waals surface area contributed by atoms with Crippen LogP contribution in [-0.4, -0.2) is 56.5 Å². The van der Waals surface area contributed by atoms with E-state index in [0.29, 0.717) is 33.7 Å². The van der Waals surface area contributed by atoms with E-state index in [2.05, 4.69) is 26.1 Å². The molecule has 0 saturated heterocycles. The number of carbonyl (C=O) groups excluding carboxylic acids is 2. The van der Waals surface area contributed by atoms with Crippen molar-refractivity contribution in [3.05, 3.63) is 42.5 Å². The number of rotatable bonds is 10. The lowest BCUT2D eigenvalue weighted by Crippen LogP contribution is -2.49. The maximum absolute atomic E-state index is 13.1. The van der Waals surface area contributed by atoms with Crippen LogP contribution in [0, 0.1) is 5.92 Å². The maximum Gasteiger partial charge on any atom is 0.319 e. The number of benzene rings is 2. The number of hydrogen-bond acceptors (Lipinski definition) is 8. The lowest BCUT2D eigenvalue weighted by molar-refractivity contribution is -0.119. The van der Waals surface area contributed by atoms with Gasteiger partial charge in [-0.1, -0.05) is 31.6 Å². The number of hydrogen-bond donors (Lipinski definition) is 3. The maximum atomic E-state index is 13.1. The van der Waals surface area contributed by atoms with Gasteiger partial charge in [0.15, 0.2) is 0 Å². The first-order valence-electron chi connectivity index (χ1n) is 11.5. The summed E-state index contributed by atoms with van der Waals surface area (Å²) in [7, 11) is 7.01. The number of urea groups is 1. The van der Waals surface area contributed by atoms with Crippen LogP contribution in [0.3, 0.4) is 0 Å². The van der Waals surface area contributed by atoms with Gasteiger partial charge in [0.25, 0.3) is 0 Å².